The molecule has 0 saturated carbocycles. The average molecular weight is 331 g/mol. The number of methoxy groups -OCH3 is 1. The van der Waals surface area contributed by atoms with Gasteiger partial charge in [0.2, 0.25) is 0 Å². The van der Waals surface area contributed by atoms with Crippen molar-refractivity contribution < 1.29 is 9.53 Å². The lowest BCUT2D eigenvalue weighted by atomic mass is 10.1. The van der Waals surface area contributed by atoms with E-state index in [1.807, 2.05) is 26.0 Å². The van der Waals surface area contributed by atoms with Gasteiger partial charge in [0, 0.05) is 31.1 Å². The van der Waals surface area contributed by atoms with Crippen LogP contribution in [0.25, 0.3) is 6.08 Å². The third-order valence-electron chi connectivity index (χ3n) is 4.00. The van der Waals surface area contributed by atoms with Crippen LogP contribution in [0.15, 0.2) is 11.6 Å². The van der Waals surface area contributed by atoms with Crippen molar-refractivity contribution in [2.24, 2.45) is 5.92 Å². The summed E-state index contributed by atoms with van der Waals surface area (Å²) in [4.78, 5) is 12.2. The Kier molecular flexibility index (Phi) is 7.73. The van der Waals surface area contributed by atoms with Gasteiger partial charge in [0.25, 0.3) is 5.91 Å². The van der Waals surface area contributed by atoms with E-state index in [9.17, 15) is 10.1 Å². The Hall–Kier alpha value is -2.06. The molecule has 0 radical (unpaired) electrons. The first-order chi connectivity index (χ1) is 11.3. The molecule has 132 valence electrons. The lowest BCUT2D eigenvalue weighted by Gasteiger charge is -2.12. The molecular formula is C19H29N3O2. The van der Waals surface area contributed by atoms with Crippen LogP contribution in [0, 0.1) is 31.1 Å². The van der Waals surface area contributed by atoms with Crippen molar-refractivity contribution >= 4 is 12.0 Å². The van der Waals surface area contributed by atoms with Gasteiger partial charge in [-0.1, -0.05) is 13.8 Å². The minimum absolute atomic E-state index is 0.113. The van der Waals surface area contributed by atoms with Gasteiger partial charge in [-0.15, -0.1) is 0 Å². The molecule has 0 aromatic carbocycles. The van der Waals surface area contributed by atoms with Crippen molar-refractivity contribution in [1.82, 2.24) is 9.88 Å². The van der Waals surface area contributed by atoms with Crippen molar-refractivity contribution in [3.8, 4) is 6.07 Å². The Balaban J connectivity index is 2.99. The van der Waals surface area contributed by atoms with E-state index in [0.717, 1.165) is 29.9 Å². The Morgan fingerprint density at radius 3 is 2.62 bits per heavy atom. The van der Waals surface area contributed by atoms with E-state index in [0.29, 0.717) is 12.5 Å². The van der Waals surface area contributed by atoms with Crippen LogP contribution in [0.1, 0.15) is 44.1 Å². The van der Waals surface area contributed by atoms with Crippen LogP contribution in [0.3, 0.4) is 0 Å². The first kappa shape index (κ1) is 20.0. The van der Waals surface area contributed by atoms with Crippen molar-refractivity contribution in [1.29, 1.82) is 5.26 Å². The van der Waals surface area contributed by atoms with Crippen molar-refractivity contribution in [2.75, 3.05) is 13.7 Å². The molecule has 5 heteroatoms. The first-order valence-corrected chi connectivity index (χ1v) is 8.38. The Morgan fingerprint density at radius 1 is 1.42 bits per heavy atom. The predicted molar refractivity (Wildman–Crippen MR) is 96.4 cm³/mol. The standard InChI is InChI=1S/C19H29N3O2/c1-13(2)7-8-22-15(4)9-17(16(22)5)10-18(11-20)19(23)21-14(3)12-24-6/h9-10,13-14H,7-8,12H2,1-6H3,(H,21,23). The summed E-state index contributed by atoms with van der Waals surface area (Å²) < 4.78 is 7.24. The maximum Gasteiger partial charge on any atom is 0.262 e. The fraction of sp³-hybridized carbons (Fsp3) is 0.579. The normalized spacial score (nSPS) is 13.0. The fourth-order valence-corrected chi connectivity index (χ4v) is 2.60. The number of aromatic nitrogens is 1. The van der Waals surface area contributed by atoms with E-state index in [4.69, 9.17) is 4.74 Å². The molecule has 0 aliphatic carbocycles. The van der Waals surface area contributed by atoms with Gasteiger partial charge in [-0.25, -0.2) is 0 Å². The summed E-state index contributed by atoms with van der Waals surface area (Å²) in [5, 5.41) is 12.1. The van der Waals surface area contributed by atoms with Gasteiger partial charge < -0.3 is 14.6 Å². The van der Waals surface area contributed by atoms with E-state index < -0.39 is 0 Å². The third kappa shape index (κ3) is 5.54. The SMILES string of the molecule is COCC(C)NC(=O)C(C#N)=Cc1cc(C)n(CCC(C)C)c1C. The zero-order chi connectivity index (χ0) is 18.3. The molecule has 1 aromatic heterocycles. The molecule has 0 spiro atoms. The molecule has 1 heterocycles. The second kappa shape index (κ2) is 9.29. The average Bonchev–Trinajstić information content (AvgIpc) is 2.76. The molecule has 0 aliphatic heterocycles. The quantitative estimate of drug-likeness (QED) is 0.587. The number of hydrogen-bond acceptors (Lipinski definition) is 3. The van der Waals surface area contributed by atoms with Crippen LogP contribution in [0.4, 0.5) is 0 Å². The predicted octanol–water partition coefficient (Wildman–Crippen LogP) is 3.21. The molecule has 1 N–H and O–H groups in total. The largest absolute Gasteiger partial charge is 0.383 e. The number of aryl methyl sites for hydroxylation is 1. The molecule has 0 fully saturated rings. The summed E-state index contributed by atoms with van der Waals surface area (Å²) in [7, 11) is 1.58. The zero-order valence-electron chi connectivity index (χ0n) is 15.6. The summed E-state index contributed by atoms with van der Waals surface area (Å²) in [5.74, 6) is 0.266. The van der Waals surface area contributed by atoms with E-state index in [1.54, 1.807) is 13.2 Å². The van der Waals surface area contributed by atoms with Gasteiger partial charge >= 0.3 is 0 Å². The molecule has 0 saturated heterocycles. The van der Waals surface area contributed by atoms with Crippen LogP contribution >= 0.6 is 0 Å². The lowest BCUT2D eigenvalue weighted by Crippen LogP contribution is -2.36. The molecule has 1 unspecified atom stereocenters. The molecule has 1 aromatic rings. The maximum atomic E-state index is 12.2. The number of nitriles is 1. The monoisotopic (exact) mass is 331 g/mol. The Bertz CT molecular complexity index is 636. The molecule has 5 nitrogen and oxygen atoms in total. The van der Waals surface area contributed by atoms with Crippen molar-refractivity contribution in [3.63, 3.8) is 0 Å². The van der Waals surface area contributed by atoms with E-state index in [1.165, 1.54) is 0 Å². The van der Waals surface area contributed by atoms with Gasteiger partial charge in [-0.3, -0.25) is 4.79 Å². The van der Waals surface area contributed by atoms with Crippen LogP contribution in [-0.4, -0.2) is 30.2 Å². The highest BCUT2D eigenvalue weighted by atomic mass is 16.5. The number of nitrogens with zero attached hydrogens (tertiary/aromatic N) is 2. The summed E-state index contributed by atoms with van der Waals surface area (Å²) >= 11 is 0. The highest BCUT2D eigenvalue weighted by Gasteiger charge is 2.14. The van der Waals surface area contributed by atoms with Gasteiger partial charge in [-0.05, 0) is 50.8 Å². The van der Waals surface area contributed by atoms with Crippen LogP contribution < -0.4 is 5.32 Å². The number of ether oxygens (including phenoxy) is 1. The van der Waals surface area contributed by atoms with Crippen LogP contribution in [-0.2, 0) is 16.1 Å². The van der Waals surface area contributed by atoms with E-state index >= 15 is 0 Å². The first-order valence-electron chi connectivity index (χ1n) is 8.38. The summed E-state index contributed by atoms with van der Waals surface area (Å²) in [6.07, 6.45) is 2.77. The van der Waals surface area contributed by atoms with E-state index in [-0.39, 0.29) is 17.5 Å². The van der Waals surface area contributed by atoms with Crippen molar-refractivity contribution in [2.45, 2.75) is 53.6 Å². The summed E-state index contributed by atoms with van der Waals surface area (Å²) in [5.41, 5.74) is 3.26. The summed E-state index contributed by atoms with van der Waals surface area (Å²) in [6.45, 7) is 11.7. The second-order valence-electron chi connectivity index (χ2n) is 6.66. The third-order valence-corrected chi connectivity index (χ3v) is 4.00. The molecule has 1 amide bonds. The molecule has 1 rings (SSSR count). The van der Waals surface area contributed by atoms with Gasteiger partial charge in [0.1, 0.15) is 11.6 Å². The number of rotatable bonds is 8. The highest BCUT2D eigenvalue weighted by Crippen LogP contribution is 2.19. The number of hydrogen-bond donors (Lipinski definition) is 1. The molecule has 0 bridgehead atoms. The zero-order valence-corrected chi connectivity index (χ0v) is 15.6. The highest BCUT2D eigenvalue weighted by molar-refractivity contribution is 6.01. The van der Waals surface area contributed by atoms with Gasteiger partial charge in [-0.2, -0.15) is 5.26 Å². The molecule has 24 heavy (non-hydrogen) atoms. The smallest absolute Gasteiger partial charge is 0.262 e. The van der Waals surface area contributed by atoms with E-state index in [2.05, 4.69) is 30.7 Å². The van der Waals surface area contributed by atoms with Gasteiger partial charge in [0.15, 0.2) is 0 Å². The van der Waals surface area contributed by atoms with Crippen molar-refractivity contribution in [3.05, 3.63) is 28.6 Å². The molecule has 0 aliphatic rings. The number of amides is 1. The topological polar surface area (TPSA) is 67.0 Å². The number of carbonyl (C=O) groups is 1. The Morgan fingerprint density at radius 2 is 2.08 bits per heavy atom. The van der Waals surface area contributed by atoms with Gasteiger partial charge in [0.05, 0.1) is 6.61 Å². The minimum atomic E-state index is -0.367. The number of nitrogens with one attached hydrogen (secondary N) is 1. The van der Waals surface area contributed by atoms with Crippen LogP contribution in [0.5, 0.6) is 0 Å². The fourth-order valence-electron chi connectivity index (χ4n) is 2.60. The summed E-state index contributed by atoms with van der Waals surface area (Å²) in [6, 6.07) is 3.89. The molecule has 1 atom stereocenters. The Labute approximate surface area is 145 Å². The number of carbonyl (C=O) groups excluding carboxylic acids is 1. The second-order valence-corrected chi connectivity index (χ2v) is 6.66. The molecular weight excluding hydrogens is 302 g/mol. The van der Waals surface area contributed by atoms with Crippen LogP contribution in [0.2, 0.25) is 0 Å². The lowest BCUT2D eigenvalue weighted by molar-refractivity contribution is -0.117. The maximum absolute atomic E-state index is 12.2. The minimum Gasteiger partial charge on any atom is -0.383 e.